The SMILES string of the molecule is CCN(CC)C(C)(C)C(NN)c1ccc(C)cc1C. The lowest BCUT2D eigenvalue weighted by Crippen LogP contribution is -2.54. The average molecular weight is 263 g/mol. The van der Waals surface area contributed by atoms with Crippen LogP contribution in [-0.2, 0) is 0 Å². The first-order valence-electron chi connectivity index (χ1n) is 7.16. The van der Waals surface area contributed by atoms with Crippen LogP contribution in [0.15, 0.2) is 18.2 Å². The lowest BCUT2D eigenvalue weighted by atomic mass is 9.85. The second-order valence-corrected chi connectivity index (χ2v) is 5.79. The van der Waals surface area contributed by atoms with E-state index in [1.165, 1.54) is 16.7 Å². The van der Waals surface area contributed by atoms with Crippen LogP contribution in [0.4, 0.5) is 0 Å². The van der Waals surface area contributed by atoms with Gasteiger partial charge in [0.2, 0.25) is 0 Å². The maximum atomic E-state index is 5.87. The molecule has 19 heavy (non-hydrogen) atoms. The molecule has 0 bridgehead atoms. The van der Waals surface area contributed by atoms with E-state index in [0.29, 0.717) is 0 Å². The molecule has 0 aliphatic rings. The summed E-state index contributed by atoms with van der Waals surface area (Å²) in [5, 5.41) is 0. The van der Waals surface area contributed by atoms with Gasteiger partial charge in [-0.25, -0.2) is 0 Å². The molecule has 0 heterocycles. The Morgan fingerprint density at radius 2 is 1.79 bits per heavy atom. The Labute approximate surface area is 118 Å². The zero-order valence-electron chi connectivity index (χ0n) is 13.2. The maximum absolute atomic E-state index is 5.87. The third kappa shape index (κ3) is 3.35. The minimum Gasteiger partial charge on any atom is -0.297 e. The van der Waals surface area contributed by atoms with Crippen molar-refractivity contribution in [2.45, 2.75) is 53.1 Å². The van der Waals surface area contributed by atoms with E-state index in [2.05, 4.69) is 70.1 Å². The molecule has 0 aliphatic heterocycles. The van der Waals surface area contributed by atoms with E-state index < -0.39 is 0 Å². The highest BCUT2D eigenvalue weighted by molar-refractivity contribution is 5.34. The molecule has 0 saturated heterocycles. The predicted octanol–water partition coefficient (Wildman–Crippen LogP) is 2.93. The van der Waals surface area contributed by atoms with Crippen molar-refractivity contribution in [1.82, 2.24) is 10.3 Å². The molecule has 3 nitrogen and oxygen atoms in total. The Hall–Kier alpha value is -0.900. The molecule has 1 atom stereocenters. The van der Waals surface area contributed by atoms with Crippen LogP contribution >= 0.6 is 0 Å². The van der Waals surface area contributed by atoms with Crippen molar-refractivity contribution < 1.29 is 0 Å². The molecule has 1 rings (SSSR count). The number of nitrogens with zero attached hydrogens (tertiary/aromatic N) is 1. The fraction of sp³-hybridized carbons (Fsp3) is 0.625. The van der Waals surface area contributed by atoms with Crippen LogP contribution in [0, 0.1) is 13.8 Å². The summed E-state index contributed by atoms with van der Waals surface area (Å²) in [5.74, 6) is 5.87. The molecule has 0 radical (unpaired) electrons. The number of aryl methyl sites for hydroxylation is 2. The maximum Gasteiger partial charge on any atom is 0.0641 e. The normalized spacial score (nSPS) is 13.9. The van der Waals surface area contributed by atoms with E-state index >= 15 is 0 Å². The number of likely N-dealkylation sites (N-methyl/N-ethyl adjacent to an activating group) is 1. The molecule has 0 amide bonds. The number of benzene rings is 1. The lowest BCUT2D eigenvalue weighted by molar-refractivity contribution is 0.0910. The van der Waals surface area contributed by atoms with E-state index in [1.54, 1.807) is 0 Å². The molecule has 1 aromatic rings. The van der Waals surface area contributed by atoms with Crippen molar-refractivity contribution in [3.05, 3.63) is 34.9 Å². The molecule has 3 heteroatoms. The van der Waals surface area contributed by atoms with Crippen LogP contribution in [0.2, 0.25) is 0 Å². The van der Waals surface area contributed by atoms with Crippen LogP contribution in [-0.4, -0.2) is 23.5 Å². The number of nitrogens with two attached hydrogens (primary N) is 1. The van der Waals surface area contributed by atoms with Crippen molar-refractivity contribution in [3.8, 4) is 0 Å². The molecule has 0 aliphatic carbocycles. The van der Waals surface area contributed by atoms with Gasteiger partial charge in [-0.15, -0.1) is 0 Å². The zero-order valence-corrected chi connectivity index (χ0v) is 13.2. The molecule has 0 aromatic heterocycles. The van der Waals surface area contributed by atoms with Gasteiger partial charge in [0.15, 0.2) is 0 Å². The first-order chi connectivity index (χ1) is 8.88. The standard InChI is InChI=1S/C16H29N3/c1-7-19(8-2)16(5,6)15(18-17)14-10-9-12(3)11-13(14)4/h9-11,15,18H,7-8,17H2,1-6H3. The van der Waals surface area contributed by atoms with Crippen molar-refractivity contribution in [2.75, 3.05) is 13.1 Å². The zero-order chi connectivity index (χ0) is 14.6. The number of rotatable bonds is 6. The summed E-state index contributed by atoms with van der Waals surface area (Å²) in [6.07, 6.45) is 0. The molecule has 1 aromatic carbocycles. The van der Waals surface area contributed by atoms with Gasteiger partial charge in [-0.05, 0) is 51.9 Å². The highest BCUT2D eigenvalue weighted by Gasteiger charge is 2.35. The quantitative estimate of drug-likeness (QED) is 0.612. The number of nitrogens with one attached hydrogen (secondary N) is 1. The third-order valence-electron chi connectivity index (χ3n) is 4.19. The van der Waals surface area contributed by atoms with Gasteiger partial charge in [-0.2, -0.15) is 0 Å². The summed E-state index contributed by atoms with van der Waals surface area (Å²) < 4.78 is 0. The Morgan fingerprint density at radius 1 is 1.21 bits per heavy atom. The molecule has 0 fully saturated rings. The van der Waals surface area contributed by atoms with Gasteiger partial charge >= 0.3 is 0 Å². The van der Waals surface area contributed by atoms with E-state index in [-0.39, 0.29) is 11.6 Å². The minimum atomic E-state index is -0.0295. The second-order valence-electron chi connectivity index (χ2n) is 5.79. The summed E-state index contributed by atoms with van der Waals surface area (Å²) in [5.41, 5.74) is 6.86. The first kappa shape index (κ1) is 16.2. The highest BCUT2D eigenvalue weighted by Crippen LogP contribution is 2.32. The largest absolute Gasteiger partial charge is 0.297 e. The summed E-state index contributed by atoms with van der Waals surface area (Å²) >= 11 is 0. The monoisotopic (exact) mass is 263 g/mol. The van der Waals surface area contributed by atoms with Crippen LogP contribution in [0.5, 0.6) is 0 Å². The first-order valence-corrected chi connectivity index (χ1v) is 7.16. The highest BCUT2D eigenvalue weighted by atomic mass is 15.3. The number of hydrazine groups is 1. The Morgan fingerprint density at radius 3 is 2.21 bits per heavy atom. The summed E-state index contributed by atoms with van der Waals surface area (Å²) in [4.78, 5) is 2.44. The van der Waals surface area contributed by atoms with Crippen molar-refractivity contribution in [2.24, 2.45) is 5.84 Å². The molecule has 3 N–H and O–H groups in total. The van der Waals surface area contributed by atoms with Crippen molar-refractivity contribution in [1.29, 1.82) is 0 Å². The molecule has 0 saturated carbocycles. The van der Waals surface area contributed by atoms with E-state index in [4.69, 9.17) is 5.84 Å². The van der Waals surface area contributed by atoms with Crippen LogP contribution < -0.4 is 11.3 Å². The van der Waals surface area contributed by atoms with Gasteiger partial charge in [-0.3, -0.25) is 16.2 Å². The van der Waals surface area contributed by atoms with Gasteiger partial charge in [0.05, 0.1) is 6.04 Å². The van der Waals surface area contributed by atoms with Gasteiger partial charge in [-0.1, -0.05) is 37.6 Å². The fourth-order valence-corrected chi connectivity index (χ4v) is 3.04. The molecular formula is C16H29N3. The van der Waals surface area contributed by atoms with Crippen LogP contribution in [0.1, 0.15) is 50.4 Å². The molecular weight excluding hydrogens is 234 g/mol. The molecule has 108 valence electrons. The minimum absolute atomic E-state index is 0.0295. The fourth-order valence-electron chi connectivity index (χ4n) is 3.04. The van der Waals surface area contributed by atoms with Gasteiger partial charge in [0, 0.05) is 5.54 Å². The summed E-state index contributed by atoms with van der Waals surface area (Å²) in [6.45, 7) is 15.2. The van der Waals surface area contributed by atoms with Crippen LogP contribution in [0.3, 0.4) is 0 Å². The van der Waals surface area contributed by atoms with E-state index in [9.17, 15) is 0 Å². The third-order valence-corrected chi connectivity index (χ3v) is 4.19. The van der Waals surface area contributed by atoms with E-state index in [1.807, 2.05) is 0 Å². The van der Waals surface area contributed by atoms with Gasteiger partial charge in [0.1, 0.15) is 0 Å². The number of hydrogen-bond acceptors (Lipinski definition) is 3. The summed E-state index contributed by atoms with van der Waals surface area (Å²) in [6, 6.07) is 6.69. The van der Waals surface area contributed by atoms with Crippen molar-refractivity contribution >= 4 is 0 Å². The Balaban J connectivity index is 3.18. The predicted molar refractivity (Wildman–Crippen MR) is 83.0 cm³/mol. The summed E-state index contributed by atoms with van der Waals surface area (Å²) in [7, 11) is 0. The van der Waals surface area contributed by atoms with Gasteiger partial charge < -0.3 is 0 Å². The van der Waals surface area contributed by atoms with Crippen molar-refractivity contribution in [3.63, 3.8) is 0 Å². The van der Waals surface area contributed by atoms with Crippen LogP contribution in [0.25, 0.3) is 0 Å². The Bertz CT molecular complexity index is 408. The second kappa shape index (κ2) is 6.51. The van der Waals surface area contributed by atoms with Gasteiger partial charge in [0.25, 0.3) is 0 Å². The molecule has 1 unspecified atom stereocenters. The smallest absolute Gasteiger partial charge is 0.0641 e. The topological polar surface area (TPSA) is 41.3 Å². The lowest BCUT2D eigenvalue weighted by Gasteiger charge is -2.43. The Kier molecular flexibility index (Phi) is 5.53. The van der Waals surface area contributed by atoms with E-state index in [0.717, 1.165) is 13.1 Å². The average Bonchev–Trinajstić information content (AvgIpc) is 2.33. The number of hydrogen-bond donors (Lipinski definition) is 2. The molecule has 0 spiro atoms.